The first-order valence-corrected chi connectivity index (χ1v) is 11.3. The van der Waals surface area contributed by atoms with Gasteiger partial charge in [-0.1, -0.05) is 49.4 Å². The highest BCUT2D eigenvalue weighted by Gasteiger charge is 2.33. The second kappa shape index (κ2) is 7.63. The number of morpholine rings is 1. The second-order valence-electron chi connectivity index (χ2n) is 8.91. The Kier molecular flexibility index (Phi) is 4.95. The van der Waals surface area contributed by atoms with E-state index in [4.69, 9.17) is 9.72 Å². The molecule has 30 heavy (non-hydrogen) atoms. The molecule has 2 aliphatic rings. The molecular weight excluding hydrogens is 396 g/mol. The lowest BCUT2D eigenvalue weighted by atomic mass is 9.88. The SMILES string of the molecule is CC1(C)CNC(=O)c2sc(N3CCOCC3Cc3cccc4cccnc34)nc2C1. The van der Waals surface area contributed by atoms with Crippen molar-refractivity contribution in [2.24, 2.45) is 5.41 Å². The summed E-state index contributed by atoms with van der Waals surface area (Å²) in [5.74, 6) is 0.00221. The minimum Gasteiger partial charge on any atom is -0.377 e. The molecule has 0 bridgehead atoms. The Balaban J connectivity index is 1.46. The van der Waals surface area contributed by atoms with E-state index in [0.717, 1.165) is 46.0 Å². The standard InChI is InChI=1S/C23H26N4O2S/c1-23(2)12-18-20(21(28)25-14-23)30-22(26-18)27-9-10-29-13-17(27)11-16-6-3-5-15-7-4-8-24-19(15)16/h3-8,17H,9-14H2,1-2H3,(H,25,28). The zero-order valence-corrected chi connectivity index (χ0v) is 18.2. The Labute approximate surface area is 180 Å². The zero-order chi connectivity index (χ0) is 20.7. The fraction of sp³-hybridized carbons (Fsp3) is 0.435. The van der Waals surface area contributed by atoms with Gasteiger partial charge in [0.05, 0.1) is 30.5 Å². The summed E-state index contributed by atoms with van der Waals surface area (Å²) in [4.78, 5) is 25.3. The molecule has 1 N–H and O–H groups in total. The van der Waals surface area contributed by atoms with Gasteiger partial charge in [-0.25, -0.2) is 4.98 Å². The third-order valence-corrected chi connectivity index (χ3v) is 7.04. The molecule has 1 unspecified atom stereocenters. The fourth-order valence-corrected chi connectivity index (χ4v) is 5.43. The Morgan fingerprint density at radius 3 is 3.07 bits per heavy atom. The smallest absolute Gasteiger partial charge is 0.263 e. The summed E-state index contributed by atoms with van der Waals surface area (Å²) in [5, 5.41) is 5.13. The Morgan fingerprint density at radius 2 is 2.17 bits per heavy atom. The number of thiazole rings is 1. The number of rotatable bonds is 3. The number of fused-ring (bicyclic) bond motifs is 2. The van der Waals surface area contributed by atoms with E-state index in [9.17, 15) is 4.79 Å². The van der Waals surface area contributed by atoms with E-state index >= 15 is 0 Å². The van der Waals surface area contributed by atoms with Gasteiger partial charge in [0, 0.05) is 24.7 Å². The maximum atomic E-state index is 12.6. The molecule has 0 saturated carbocycles. The molecule has 2 aliphatic heterocycles. The van der Waals surface area contributed by atoms with Gasteiger partial charge in [-0.3, -0.25) is 9.78 Å². The number of benzene rings is 1. The highest BCUT2D eigenvalue weighted by Crippen LogP contribution is 2.35. The highest BCUT2D eigenvalue weighted by molar-refractivity contribution is 7.17. The summed E-state index contributed by atoms with van der Waals surface area (Å²) in [5.41, 5.74) is 3.19. The molecule has 7 heteroatoms. The average molecular weight is 423 g/mol. The molecule has 0 aliphatic carbocycles. The molecule has 3 aromatic rings. The number of carbonyl (C=O) groups is 1. The van der Waals surface area contributed by atoms with Crippen LogP contribution in [0.2, 0.25) is 0 Å². The minimum atomic E-state index is 0.00221. The first-order chi connectivity index (χ1) is 14.5. The molecule has 1 amide bonds. The molecule has 0 spiro atoms. The van der Waals surface area contributed by atoms with Gasteiger partial charge in [0.2, 0.25) is 0 Å². The van der Waals surface area contributed by atoms with Crippen LogP contribution in [0, 0.1) is 5.41 Å². The van der Waals surface area contributed by atoms with E-state index in [2.05, 4.69) is 53.3 Å². The van der Waals surface area contributed by atoms with Gasteiger partial charge in [0.15, 0.2) is 5.13 Å². The van der Waals surface area contributed by atoms with Crippen LogP contribution in [0.25, 0.3) is 10.9 Å². The summed E-state index contributed by atoms with van der Waals surface area (Å²) < 4.78 is 5.83. The van der Waals surface area contributed by atoms with Crippen molar-refractivity contribution >= 4 is 33.3 Å². The van der Waals surface area contributed by atoms with Crippen LogP contribution >= 0.6 is 11.3 Å². The summed E-state index contributed by atoms with van der Waals surface area (Å²) in [6, 6.07) is 10.6. The van der Waals surface area contributed by atoms with Crippen molar-refractivity contribution in [1.82, 2.24) is 15.3 Å². The maximum absolute atomic E-state index is 12.6. The highest BCUT2D eigenvalue weighted by atomic mass is 32.1. The van der Waals surface area contributed by atoms with Gasteiger partial charge in [-0.2, -0.15) is 0 Å². The van der Waals surface area contributed by atoms with Crippen molar-refractivity contribution < 1.29 is 9.53 Å². The van der Waals surface area contributed by atoms with E-state index in [1.807, 2.05) is 12.3 Å². The van der Waals surface area contributed by atoms with Crippen LogP contribution in [0.15, 0.2) is 36.5 Å². The van der Waals surface area contributed by atoms with Crippen LogP contribution in [0.5, 0.6) is 0 Å². The number of hydrogen-bond acceptors (Lipinski definition) is 6. The largest absolute Gasteiger partial charge is 0.377 e. The summed E-state index contributed by atoms with van der Waals surface area (Å²) in [6.45, 7) is 7.12. The lowest BCUT2D eigenvalue weighted by Gasteiger charge is -2.35. The fourth-order valence-electron chi connectivity index (χ4n) is 4.34. The Bertz CT molecular complexity index is 1090. The monoisotopic (exact) mass is 422 g/mol. The number of anilines is 1. The molecule has 1 atom stereocenters. The number of ether oxygens (including phenoxy) is 1. The van der Waals surface area contributed by atoms with E-state index < -0.39 is 0 Å². The molecule has 0 radical (unpaired) electrons. The molecule has 1 saturated heterocycles. The van der Waals surface area contributed by atoms with E-state index in [1.54, 1.807) is 0 Å². The van der Waals surface area contributed by atoms with Crippen molar-refractivity contribution in [3.8, 4) is 0 Å². The van der Waals surface area contributed by atoms with Crippen molar-refractivity contribution in [1.29, 1.82) is 0 Å². The first kappa shape index (κ1) is 19.5. The molecule has 6 nitrogen and oxygen atoms in total. The predicted octanol–water partition coefficient (Wildman–Crippen LogP) is 3.45. The second-order valence-corrected chi connectivity index (χ2v) is 9.89. The van der Waals surface area contributed by atoms with Crippen LogP contribution < -0.4 is 10.2 Å². The molecule has 156 valence electrons. The number of aromatic nitrogens is 2. The number of hydrogen-bond donors (Lipinski definition) is 1. The lowest BCUT2D eigenvalue weighted by Crippen LogP contribution is -2.46. The molecule has 1 aromatic carbocycles. The van der Waals surface area contributed by atoms with Crippen LogP contribution in [0.1, 0.15) is 34.8 Å². The molecule has 2 aromatic heterocycles. The topological polar surface area (TPSA) is 67.4 Å². The number of carbonyl (C=O) groups excluding carboxylic acids is 1. The third kappa shape index (κ3) is 3.68. The number of nitrogens with zero attached hydrogens (tertiary/aromatic N) is 3. The molecule has 5 rings (SSSR count). The van der Waals surface area contributed by atoms with E-state index in [1.165, 1.54) is 16.9 Å². The number of para-hydroxylation sites is 1. The molecular formula is C23H26N4O2S. The van der Waals surface area contributed by atoms with Crippen LogP contribution in [-0.4, -0.2) is 48.2 Å². The molecule has 1 fully saturated rings. The van der Waals surface area contributed by atoms with Crippen LogP contribution in [0.4, 0.5) is 5.13 Å². The number of pyridine rings is 1. The van der Waals surface area contributed by atoms with Gasteiger partial charge < -0.3 is 15.0 Å². The summed E-state index contributed by atoms with van der Waals surface area (Å²) in [7, 11) is 0. The summed E-state index contributed by atoms with van der Waals surface area (Å²) >= 11 is 1.51. The van der Waals surface area contributed by atoms with Crippen molar-refractivity contribution in [2.45, 2.75) is 32.7 Å². The van der Waals surface area contributed by atoms with Crippen molar-refractivity contribution in [2.75, 3.05) is 31.2 Å². The predicted molar refractivity (Wildman–Crippen MR) is 119 cm³/mol. The normalized spacial score (nSPS) is 21.2. The zero-order valence-electron chi connectivity index (χ0n) is 17.4. The minimum absolute atomic E-state index is 0.00221. The first-order valence-electron chi connectivity index (χ1n) is 10.5. The van der Waals surface area contributed by atoms with Gasteiger partial charge in [0.25, 0.3) is 5.91 Å². The quantitative estimate of drug-likeness (QED) is 0.700. The van der Waals surface area contributed by atoms with Gasteiger partial charge in [0.1, 0.15) is 4.88 Å². The van der Waals surface area contributed by atoms with Gasteiger partial charge in [-0.15, -0.1) is 0 Å². The number of amides is 1. The van der Waals surface area contributed by atoms with Crippen molar-refractivity contribution in [3.05, 3.63) is 52.7 Å². The Morgan fingerprint density at radius 1 is 1.30 bits per heavy atom. The van der Waals surface area contributed by atoms with Crippen LogP contribution in [-0.2, 0) is 17.6 Å². The van der Waals surface area contributed by atoms with Crippen molar-refractivity contribution in [3.63, 3.8) is 0 Å². The van der Waals surface area contributed by atoms with Gasteiger partial charge >= 0.3 is 0 Å². The Hall–Kier alpha value is -2.51. The summed E-state index contributed by atoms with van der Waals surface area (Å²) in [6.07, 6.45) is 3.48. The lowest BCUT2D eigenvalue weighted by molar-refractivity contribution is 0.0941. The van der Waals surface area contributed by atoms with E-state index in [0.29, 0.717) is 19.8 Å². The third-order valence-electron chi connectivity index (χ3n) is 5.91. The van der Waals surface area contributed by atoms with Crippen LogP contribution in [0.3, 0.4) is 0 Å². The maximum Gasteiger partial charge on any atom is 0.263 e. The molecule has 4 heterocycles. The van der Waals surface area contributed by atoms with E-state index in [-0.39, 0.29) is 17.4 Å². The van der Waals surface area contributed by atoms with Gasteiger partial charge in [-0.05, 0) is 29.9 Å². The number of nitrogens with one attached hydrogen (secondary N) is 1. The average Bonchev–Trinajstić information content (AvgIpc) is 3.11.